The van der Waals surface area contributed by atoms with Crippen molar-refractivity contribution in [1.29, 1.82) is 0 Å². The molecule has 0 radical (unpaired) electrons. The van der Waals surface area contributed by atoms with Crippen LogP contribution in [0.3, 0.4) is 0 Å². The van der Waals surface area contributed by atoms with E-state index in [0.29, 0.717) is 12.3 Å². The van der Waals surface area contributed by atoms with Crippen LogP contribution in [0.1, 0.15) is 38.8 Å². The van der Waals surface area contributed by atoms with Crippen LogP contribution in [0.2, 0.25) is 0 Å². The van der Waals surface area contributed by atoms with Gasteiger partial charge in [0.05, 0.1) is 6.04 Å². The summed E-state index contributed by atoms with van der Waals surface area (Å²) in [6, 6.07) is 7.34. The van der Waals surface area contributed by atoms with Crippen LogP contribution in [0.15, 0.2) is 28.7 Å². The first kappa shape index (κ1) is 16.0. The van der Waals surface area contributed by atoms with E-state index in [0.717, 1.165) is 10.0 Å². The zero-order chi connectivity index (χ0) is 15.6. The fourth-order valence-electron chi connectivity index (χ4n) is 2.64. The Hall–Kier alpha value is -1.36. The highest BCUT2D eigenvalue weighted by Gasteiger charge is 2.35. The monoisotopic (exact) mass is 352 g/mol. The van der Waals surface area contributed by atoms with Crippen LogP contribution in [0.5, 0.6) is 0 Å². The van der Waals surface area contributed by atoms with Gasteiger partial charge in [0.1, 0.15) is 12.6 Å². The highest BCUT2D eigenvalue weighted by Crippen LogP contribution is 2.25. The molecule has 2 rings (SSSR count). The number of benzene rings is 1. The molecule has 21 heavy (non-hydrogen) atoms. The van der Waals surface area contributed by atoms with E-state index in [2.05, 4.69) is 35.1 Å². The normalized spacial score (nSPS) is 20.6. The molecule has 0 saturated carbocycles. The molecular formula is C16H21BrN2O2. The predicted octanol–water partition coefficient (Wildman–Crippen LogP) is 2.88. The molecule has 5 heteroatoms. The van der Waals surface area contributed by atoms with Crippen LogP contribution in [0.25, 0.3) is 0 Å². The molecule has 1 aliphatic heterocycles. The van der Waals surface area contributed by atoms with Gasteiger partial charge in [-0.3, -0.25) is 9.59 Å². The Morgan fingerprint density at radius 3 is 2.67 bits per heavy atom. The zero-order valence-electron chi connectivity index (χ0n) is 12.6. The molecule has 0 spiro atoms. The number of hydrogen-bond donors (Lipinski definition) is 1. The van der Waals surface area contributed by atoms with Gasteiger partial charge < -0.3 is 10.2 Å². The van der Waals surface area contributed by atoms with E-state index in [1.165, 1.54) is 0 Å². The van der Waals surface area contributed by atoms with E-state index in [9.17, 15) is 9.59 Å². The third-order valence-corrected chi connectivity index (χ3v) is 4.23. The summed E-state index contributed by atoms with van der Waals surface area (Å²) in [5.41, 5.74) is 1.02. The van der Waals surface area contributed by atoms with Crippen molar-refractivity contribution < 1.29 is 9.59 Å². The molecule has 2 unspecified atom stereocenters. The van der Waals surface area contributed by atoms with Gasteiger partial charge >= 0.3 is 0 Å². The standard InChI is InChI=1S/C16H21BrN2O2/c1-10(2)7-14-16(21)19(9-15(20)18-14)11(3)12-5-4-6-13(17)8-12/h4-6,8,10-11,14H,7,9H2,1-3H3,(H,18,20). The van der Waals surface area contributed by atoms with Crippen molar-refractivity contribution in [2.45, 2.75) is 39.3 Å². The van der Waals surface area contributed by atoms with Crippen molar-refractivity contribution in [2.75, 3.05) is 6.54 Å². The molecule has 0 bridgehead atoms. The second kappa shape index (κ2) is 6.60. The molecule has 1 saturated heterocycles. The molecule has 1 aliphatic rings. The van der Waals surface area contributed by atoms with Crippen molar-refractivity contribution in [2.24, 2.45) is 5.92 Å². The van der Waals surface area contributed by atoms with Crippen LogP contribution in [-0.2, 0) is 9.59 Å². The molecule has 4 nitrogen and oxygen atoms in total. The quantitative estimate of drug-likeness (QED) is 0.905. The average Bonchev–Trinajstić information content (AvgIpc) is 2.41. The molecule has 114 valence electrons. The Morgan fingerprint density at radius 2 is 2.05 bits per heavy atom. The highest BCUT2D eigenvalue weighted by molar-refractivity contribution is 9.10. The van der Waals surface area contributed by atoms with Crippen molar-refractivity contribution in [1.82, 2.24) is 10.2 Å². The lowest BCUT2D eigenvalue weighted by Gasteiger charge is -2.37. The number of halogens is 1. The van der Waals surface area contributed by atoms with E-state index >= 15 is 0 Å². The number of nitrogens with one attached hydrogen (secondary N) is 1. The SMILES string of the molecule is CC(C)CC1NC(=O)CN(C(C)c2cccc(Br)c2)C1=O. The lowest BCUT2D eigenvalue weighted by Crippen LogP contribution is -2.58. The van der Waals surface area contributed by atoms with Gasteiger partial charge in [-0.2, -0.15) is 0 Å². The summed E-state index contributed by atoms with van der Waals surface area (Å²) >= 11 is 3.44. The maximum Gasteiger partial charge on any atom is 0.246 e. The highest BCUT2D eigenvalue weighted by atomic mass is 79.9. The van der Waals surface area contributed by atoms with Crippen LogP contribution in [-0.4, -0.2) is 29.3 Å². The van der Waals surface area contributed by atoms with Gasteiger partial charge in [0.25, 0.3) is 0 Å². The number of amides is 2. The number of hydrogen-bond acceptors (Lipinski definition) is 2. The van der Waals surface area contributed by atoms with Crippen molar-refractivity contribution in [3.05, 3.63) is 34.3 Å². The number of carbonyl (C=O) groups is 2. The third-order valence-electron chi connectivity index (χ3n) is 3.74. The van der Waals surface area contributed by atoms with Gasteiger partial charge in [-0.1, -0.05) is 41.9 Å². The van der Waals surface area contributed by atoms with Gasteiger partial charge in [0, 0.05) is 4.47 Å². The minimum atomic E-state index is -0.402. The molecule has 1 heterocycles. The molecule has 0 aromatic heterocycles. The molecule has 1 N–H and O–H groups in total. The van der Waals surface area contributed by atoms with E-state index in [1.54, 1.807) is 4.90 Å². The van der Waals surface area contributed by atoms with Gasteiger partial charge in [0.15, 0.2) is 0 Å². The van der Waals surface area contributed by atoms with E-state index in [-0.39, 0.29) is 24.4 Å². The Bertz CT molecular complexity index is 545. The number of carbonyl (C=O) groups excluding carboxylic acids is 2. The molecular weight excluding hydrogens is 332 g/mol. The Morgan fingerprint density at radius 1 is 1.33 bits per heavy atom. The molecule has 1 aromatic rings. The maximum absolute atomic E-state index is 12.6. The van der Waals surface area contributed by atoms with Crippen molar-refractivity contribution >= 4 is 27.7 Å². The van der Waals surface area contributed by atoms with E-state index in [1.807, 2.05) is 31.2 Å². The average molecular weight is 353 g/mol. The summed E-state index contributed by atoms with van der Waals surface area (Å²) in [6.07, 6.45) is 0.673. The Labute approximate surface area is 134 Å². The summed E-state index contributed by atoms with van der Waals surface area (Å²) in [6.45, 7) is 6.19. The summed E-state index contributed by atoms with van der Waals surface area (Å²) in [7, 11) is 0. The summed E-state index contributed by atoms with van der Waals surface area (Å²) in [5, 5.41) is 2.81. The van der Waals surface area contributed by atoms with Gasteiger partial charge in [-0.25, -0.2) is 0 Å². The van der Waals surface area contributed by atoms with Gasteiger partial charge in [-0.05, 0) is 37.0 Å². The third kappa shape index (κ3) is 3.84. The van der Waals surface area contributed by atoms with Crippen molar-refractivity contribution in [3.8, 4) is 0 Å². The largest absolute Gasteiger partial charge is 0.343 e. The fourth-order valence-corrected chi connectivity index (χ4v) is 3.06. The van der Waals surface area contributed by atoms with Crippen LogP contribution < -0.4 is 5.32 Å². The van der Waals surface area contributed by atoms with Crippen molar-refractivity contribution in [3.63, 3.8) is 0 Å². The molecule has 1 aromatic carbocycles. The van der Waals surface area contributed by atoms with Crippen LogP contribution in [0, 0.1) is 5.92 Å². The predicted molar refractivity (Wildman–Crippen MR) is 85.7 cm³/mol. The second-order valence-corrected chi connectivity index (χ2v) is 6.86. The summed E-state index contributed by atoms with van der Waals surface area (Å²) < 4.78 is 0.972. The van der Waals surface area contributed by atoms with Crippen LogP contribution in [0.4, 0.5) is 0 Å². The maximum atomic E-state index is 12.6. The number of nitrogens with zero attached hydrogens (tertiary/aromatic N) is 1. The van der Waals surface area contributed by atoms with Gasteiger partial charge in [0.2, 0.25) is 11.8 Å². The lowest BCUT2D eigenvalue weighted by atomic mass is 9.98. The first-order valence-corrected chi connectivity index (χ1v) is 8.03. The van der Waals surface area contributed by atoms with Crippen LogP contribution >= 0.6 is 15.9 Å². The minimum absolute atomic E-state index is 0.00998. The zero-order valence-corrected chi connectivity index (χ0v) is 14.2. The summed E-state index contributed by atoms with van der Waals surface area (Å²) in [5.74, 6) is 0.290. The topological polar surface area (TPSA) is 49.4 Å². The first-order chi connectivity index (χ1) is 9.88. The first-order valence-electron chi connectivity index (χ1n) is 7.23. The van der Waals surface area contributed by atoms with E-state index < -0.39 is 6.04 Å². The number of rotatable bonds is 4. The minimum Gasteiger partial charge on any atom is -0.343 e. The summed E-state index contributed by atoms with van der Waals surface area (Å²) in [4.78, 5) is 26.2. The molecule has 2 atom stereocenters. The molecule has 0 aliphatic carbocycles. The molecule has 2 amide bonds. The van der Waals surface area contributed by atoms with E-state index in [4.69, 9.17) is 0 Å². The Kier molecular flexibility index (Phi) is 5.04. The Balaban J connectivity index is 2.20. The number of piperazine rings is 1. The molecule has 1 fully saturated rings. The fraction of sp³-hybridized carbons (Fsp3) is 0.500. The lowest BCUT2D eigenvalue weighted by molar-refractivity contribution is -0.146. The van der Waals surface area contributed by atoms with Gasteiger partial charge in [-0.15, -0.1) is 0 Å². The smallest absolute Gasteiger partial charge is 0.246 e. The second-order valence-electron chi connectivity index (χ2n) is 5.95.